The van der Waals surface area contributed by atoms with E-state index in [1.165, 1.54) is 5.56 Å². The van der Waals surface area contributed by atoms with E-state index in [9.17, 15) is 9.59 Å². The van der Waals surface area contributed by atoms with Crippen molar-refractivity contribution < 1.29 is 19.1 Å². The number of amides is 2. The molecular formula is C26H26N2O4. The molecule has 1 heterocycles. The number of anilines is 2. The summed E-state index contributed by atoms with van der Waals surface area (Å²) < 4.78 is 11.3. The molecule has 0 aromatic heterocycles. The number of para-hydroxylation sites is 2. The zero-order valence-electron chi connectivity index (χ0n) is 18.4. The largest absolute Gasteiger partial charge is 0.495 e. The number of nitrogens with zero attached hydrogens (tertiary/aromatic N) is 1. The third-order valence-electron chi connectivity index (χ3n) is 5.78. The number of carbonyl (C=O) groups excluding carboxylic acids is 2. The van der Waals surface area contributed by atoms with Gasteiger partial charge in [-0.05, 0) is 67.4 Å². The van der Waals surface area contributed by atoms with Gasteiger partial charge in [0.05, 0.1) is 18.7 Å². The van der Waals surface area contributed by atoms with Crippen LogP contribution in [0.5, 0.6) is 17.2 Å². The normalized spacial score (nSPS) is 15.5. The summed E-state index contributed by atoms with van der Waals surface area (Å²) in [4.78, 5) is 27.0. The molecule has 0 aliphatic carbocycles. The Morgan fingerprint density at radius 2 is 1.69 bits per heavy atom. The van der Waals surface area contributed by atoms with Crippen LogP contribution in [0.2, 0.25) is 0 Å². The second kappa shape index (κ2) is 9.14. The van der Waals surface area contributed by atoms with Gasteiger partial charge in [-0.1, -0.05) is 24.3 Å². The van der Waals surface area contributed by atoms with Gasteiger partial charge in [0.1, 0.15) is 17.2 Å². The number of carbonyl (C=O) groups is 2. The van der Waals surface area contributed by atoms with Gasteiger partial charge in [0.2, 0.25) is 11.8 Å². The van der Waals surface area contributed by atoms with Crippen LogP contribution in [0, 0.1) is 19.8 Å². The minimum atomic E-state index is -0.432. The Balaban J connectivity index is 1.40. The van der Waals surface area contributed by atoms with Gasteiger partial charge >= 0.3 is 0 Å². The van der Waals surface area contributed by atoms with Crippen LogP contribution in [0.15, 0.2) is 66.7 Å². The number of methoxy groups -OCH3 is 1. The maximum atomic E-state index is 12.8. The molecule has 0 bridgehead atoms. The van der Waals surface area contributed by atoms with Gasteiger partial charge in [-0.3, -0.25) is 9.59 Å². The van der Waals surface area contributed by atoms with Crippen molar-refractivity contribution in [3.8, 4) is 17.2 Å². The Morgan fingerprint density at radius 3 is 2.44 bits per heavy atom. The lowest BCUT2D eigenvalue weighted by Gasteiger charge is -2.19. The summed E-state index contributed by atoms with van der Waals surface area (Å²) in [7, 11) is 1.57. The summed E-state index contributed by atoms with van der Waals surface area (Å²) in [6, 6.07) is 20.5. The van der Waals surface area contributed by atoms with Crippen molar-refractivity contribution in [2.24, 2.45) is 5.92 Å². The van der Waals surface area contributed by atoms with Gasteiger partial charge in [0.15, 0.2) is 0 Å². The molecule has 1 atom stereocenters. The van der Waals surface area contributed by atoms with Crippen molar-refractivity contribution in [1.29, 1.82) is 0 Å². The highest BCUT2D eigenvalue weighted by molar-refractivity contribution is 6.04. The Labute approximate surface area is 187 Å². The fraction of sp³-hybridized carbons (Fsp3) is 0.231. The molecule has 1 aliphatic rings. The molecule has 0 spiro atoms. The van der Waals surface area contributed by atoms with Crippen LogP contribution in [-0.4, -0.2) is 25.5 Å². The number of hydrogen-bond donors (Lipinski definition) is 1. The van der Waals surface area contributed by atoms with Crippen molar-refractivity contribution in [3.05, 3.63) is 77.9 Å². The van der Waals surface area contributed by atoms with E-state index in [0.717, 1.165) is 11.3 Å². The molecule has 2 amide bonds. The second-order valence-corrected chi connectivity index (χ2v) is 7.89. The fourth-order valence-electron chi connectivity index (χ4n) is 3.78. The number of rotatable bonds is 6. The lowest BCUT2D eigenvalue weighted by atomic mass is 10.1. The van der Waals surface area contributed by atoms with Gasteiger partial charge in [-0.25, -0.2) is 0 Å². The van der Waals surface area contributed by atoms with E-state index >= 15 is 0 Å². The summed E-state index contributed by atoms with van der Waals surface area (Å²) in [5, 5.41) is 2.91. The number of nitrogens with one attached hydrogen (secondary N) is 1. The maximum Gasteiger partial charge on any atom is 0.229 e. The lowest BCUT2D eigenvalue weighted by molar-refractivity contribution is -0.122. The van der Waals surface area contributed by atoms with Crippen LogP contribution in [0.1, 0.15) is 17.5 Å². The number of benzene rings is 3. The smallest absolute Gasteiger partial charge is 0.229 e. The zero-order valence-corrected chi connectivity index (χ0v) is 18.4. The van der Waals surface area contributed by atoms with Crippen molar-refractivity contribution in [3.63, 3.8) is 0 Å². The summed E-state index contributed by atoms with van der Waals surface area (Å²) >= 11 is 0. The highest BCUT2D eigenvalue weighted by atomic mass is 16.5. The molecule has 6 nitrogen and oxygen atoms in total. The van der Waals surface area contributed by atoms with Gasteiger partial charge in [0, 0.05) is 18.7 Å². The van der Waals surface area contributed by atoms with E-state index in [2.05, 4.69) is 5.32 Å². The molecule has 0 radical (unpaired) electrons. The first-order valence-electron chi connectivity index (χ1n) is 10.5. The molecule has 4 rings (SSSR count). The van der Waals surface area contributed by atoms with Crippen LogP contribution in [0.25, 0.3) is 0 Å². The fourth-order valence-corrected chi connectivity index (χ4v) is 3.78. The predicted octanol–water partition coefficient (Wildman–Crippen LogP) is 5.10. The Kier molecular flexibility index (Phi) is 6.12. The maximum absolute atomic E-state index is 12.8. The lowest BCUT2D eigenvalue weighted by Crippen LogP contribution is -2.28. The van der Waals surface area contributed by atoms with E-state index in [1.54, 1.807) is 30.2 Å². The molecule has 32 heavy (non-hydrogen) atoms. The topological polar surface area (TPSA) is 67.9 Å². The average Bonchev–Trinajstić information content (AvgIpc) is 3.19. The first kappa shape index (κ1) is 21.4. The molecule has 1 fully saturated rings. The Morgan fingerprint density at radius 1 is 0.969 bits per heavy atom. The SMILES string of the molecule is COc1ccccc1N1C[C@@H](C(=O)Nc2ccc(Oc3cccc(C)c3C)cc2)CC1=O. The summed E-state index contributed by atoms with van der Waals surface area (Å²) in [5.74, 6) is 1.41. The van der Waals surface area contributed by atoms with Crippen molar-refractivity contribution in [1.82, 2.24) is 0 Å². The monoisotopic (exact) mass is 430 g/mol. The van der Waals surface area contributed by atoms with Crippen LogP contribution in [0.4, 0.5) is 11.4 Å². The van der Waals surface area contributed by atoms with Crippen molar-refractivity contribution in [2.45, 2.75) is 20.3 Å². The van der Waals surface area contributed by atoms with Crippen molar-refractivity contribution in [2.75, 3.05) is 23.9 Å². The second-order valence-electron chi connectivity index (χ2n) is 7.89. The Hall–Kier alpha value is -3.80. The quantitative estimate of drug-likeness (QED) is 0.591. The number of aryl methyl sites for hydroxylation is 1. The van der Waals surface area contributed by atoms with Gasteiger partial charge < -0.3 is 19.7 Å². The van der Waals surface area contributed by atoms with Gasteiger partial charge in [0.25, 0.3) is 0 Å². The first-order valence-corrected chi connectivity index (χ1v) is 10.5. The third kappa shape index (κ3) is 4.44. The number of hydrogen-bond acceptors (Lipinski definition) is 4. The summed E-state index contributed by atoms with van der Waals surface area (Å²) in [5.41, 5.74) is 3.60. The highest BCUT2D eigenvalue weighted by Gasteiger charge is 2.36. The molecule has 1 saturated heterocycles. The standard InChI is InChI=1S/C26H26N2O4/c1-17-7-6-10-23(18(17)2)32-21-13-11-20(12-14-21)27-26(30)19-15-25(29)28(16-19)22-8-4-5-9-24(22)31-3/h4-14,19H,15-16H2,1-3H3,(H,27,30)/t19-/m0/s1. The average molecular weight is 431 g/mol. The predicted molar refractivity (Wildman–Crippen MR) is 125 cm³/mol. The molecule has 164 valence electrons. The molecular weight excluding hydrogens is 404 g/mol. The Bertz CT molecular complexity index is 1140. The summed E-state index contributed by atoms with van der Waals surface area (Å²) in [6.45, 7) is 4.39. The molecule has 1 N–H and O–H groups in total. The van der Waals surface area contributed by atoms with Crippen LogP contribution < -0.4 is 19.7 Å². The summed E-state index contributed by atoms with van der Waals surface area (Å²) in [6.07, 6.45) is 0.164. The van der Waals surface area contributed by atoms with E-state index in [0.29, 0.717) is 29.4 Å². The molecule has 3 aromatic rings. The van der Waals surface area contributed by atoms with Crippen LogP contribution >= 0.6 is 0 Å². The van der Waals surface area contributed by atoms with E-state index < -0.39 is 5.92 Å². The van der Waals surface area contributed by atoms with Crippen molar-refractivity contribution >= 4 is 23.2 Å². The minimum absolute atomic E-state index is 0.0908. The highest BCUT2D eigenvalue weighted by Crippen LogP contribution is 2.33. The molecule has 1 aliphatic heterocycles. The molecule has 0 saturated carbocycles. The van der Waals surface area contributed by atoms with Crippen LogP contribution in [-0.2, 0) is 9.59 Å². The molecule has 3 aromatic carbocycles. The van der Waals surface area contributed by atoms with Gasteiger partial charge in [-0.15, -0.1) is 0 Å². The van der Waals surface area contributed by atoms with Crippen LogP contribution in [0.3, 0.4) is 0 Å². The van der Waals surface area contributed by atoms with E-state index in [-0.39, 0.29) is 18.2 Å². The molecule has 0 unspecified atom stereocenters. The molecule has 6 heteroatoms. The van der Waals surface area contributed by atoms with E-state index in [4.69, 9.17) is 9.47 Å². The third-order valence-corrected chi connectivity index (χ3v) is 5.78. The minimum Gasteiger partial charge on any atom is -0.495 e. The van der Waals surface area contributed by atoms with E-state index in [1.807, 2.05) is 62.4 Å². The first-order chi connectivity index (χ1) is 15.5. The number of ether oxygens (including phenoxy) is 2. The van der Waals surface area contributed by atoms with Gasteiger partial charge in [-0.2, -0.15) is 0 Å². The zero-order chi connectivity index (χ0) is 22.7.